The third-order valence-electron chi connectivity index (χ3n) is 5.14. The number of rotatable bonds is 4. The van der Waals surface area contributed by atoms with Crippen LogP contribution in [0, 0.1) is 18.6 Å². The summed E-state index contributed by atoms with van der Waals surface area (Å²) < 4.78 is 67.3. The van der Waals surface area contributed by atoms with Gasteiger partial charge in [-0.2, -0.15) is 0 Å². The highest BCUT2D eigenvalue weighted by molar-refractivity contribution is 7.92. The van der Waals surface area contributed by atoms with Crippen LogP contribution in [-0.4, -0.2) is 26.7 Å². The van der Waals surface area contributed by atoms with Gasteiger partial charge >= 0.3 is 7.12 Å². The fourth-order valence-electron chi connectivity index (χ4n) is 2.76. The first kappa shape index (κ1) is 20.8. The standard InChI is InChI=1S/C19H22BF2NO4S/c1-12-6-8-14(21)17(10-12)28(24,25)23-16-9-7-13(11-15(16)22)20-26-18(2,3)19(4,5)27-20/h6-11,23H,1-5H3. The third-order valence-corrected chi connectivity index (χ3v) is 6.52. The maximum absolute atomic E-state index is 14.6. The molecule has 1 heterocycles. The first-order valence-electron chi connectivity index (χ1n) is 8.76. The Morgan fingerprint density at radius 3 is 2.11 bits per heavy atom. The quantitative estimate of drug-likeness (QED) is 0.787. The highest BCUT2D eigenvalue weighted by atomic mass is 32.2. The molecule has 1 saturated heterocycles. The number of halogens is 2. The summed E-state index contributed by atoms with van der Waals surface area (Å²) in [6.07, 6.45) is 0. The number of aryl methyl sites for hydroxylation is 1. The molecular formula is C19H22BF2NO4S. The highest BCUT2D eigenvalue weighted by Crippen LogP contribution is 2.36. The van der Waals surface area contributed by atoms with Gasteiger partial charge in [0, 0.05) is 0 Å². The zero-order valence-electron chi connectivity index (χ0n) is 16.3. The number of hydrogen-bond acceptors (Lipinski definition) is 4. The van der Waals surface area contributed by atoms with Crippen LogP contribution in [0.15, 0.2) is 41.3 Å². The molecule has 0 unspecified atom stereocenters. The third kappa shape index (κ3) is 3.79. The molecule has 2 aromatic rings. The van der Waals surface area contributed by atoms with E-state index >= 15 is 0 Å². The van der Waals surface area contributed by atoms with Crippen molar-refractivity contribution < 1.29 is 26.5 Å². The Kier molecular flexibility index (Phi) is 5.06. The van der Waals surface area contributed by atoms with Crippen molar-refractivity contribution in [3.05, 3.63) is 53.6 Å². The molecule has 0 spiro atoms. The van der Waals surface area contributed by atoms with Gasteiger partial charge in [-0.3, -0.25) is 4.72 Å². The highest BCUT2D eigenvalue weighted by Gasteiger charge is 2.51. The number of anilines is 1. The van der Waals surface area contributed by atoms with Crippen molar-refractivity contribution in [3.63, 3.8) is 0 Å². The molecule has 1 aliphatic heterocycles. The van der Waals surface area contributed by atoms with Gasteiger partial charge in [0.1, 0.15) is 16.5 Å². The van der Waals surface area contributed by atoms with Gasteiger partial charge < -0.3 is 9.31 Å². The maximum Gasteiger partial charge on any atom is 0.494 e. The van der Waals surface area contributed by atoms with Crippen LogP contribution < -0.4 is 10.2 Å². The van der Waals surface area contributed by atoms with Crippen molar-refractivity contribution in [1.29, 1.82) is 0 Å². The van der Waals surface area contributed by atoms with Crippen LogP contribution in [0.25, 0.3) is 0 Å². The molecule has 1 N–H and O–H groups in total. The minimum Gasteiger partial charge on any atom is -0.399 e. The van der Waals surface area contributed by atoms with E-state index in [0.717, 1.165) is 12.1 Å². The van der Waals surface area contributed by atoms with Gasteiger partial charge in [-0.1, -0.05) is 12.1 Å². The number of sulfonamides is 1. The Bertz CT molecular complexity index is 1010. The molecule has 0 radical (unpaired) electrons. The Morgan fingerprint density at radius 1 is 0.929 bits per heavy atom. The van der Waals surface area contributed by atoms with Gasteiger partial charge in [0.05, 0.1) is 16.9 Å². The van der Waals surface area contributed by atoms with E-state index in [0.29, 0.717) is 11.0 Å². The van der Waals surface area contributed by atoms with Crippen molar-refractivity contribution >= 4 is 28.3 Å². The minimum atomic E-state index is -4.29. The van der Waals surface area contributed by atoms with Crippen LogP contribution in [0.5, 0.6) is 0 Å². The lowest BCUT2D eigenvalue weighted by molar-refractivity contribution is 0.00578. The molecule has 2 aromatic carbocycles. The van der Waals surface area contributed by atoms with Crippen molar-refractivity contribution in [1.82, 2.24) is 0 Å². The van der Waals surface area contributed by atoms with E-state index in [1.54, 1.807) is 6.92 Å². The van der Waals surface area contributed by atoms with E-state index in [1.165, 1.54) is 24.3 Å². The molecule has 0 atom stereocenters. The molecule has 0 bridgehead atoms. The van der Waals surface area contributed by atoms with Crippen molar-refractivity contribution in [2.45, 2.75) is 50.7 Å². The average molecular weight is 409 g/mol. The molecule has 0 aliphatic carbocycles. The van der Waals surface area contributed by atoms with Crippen LogP contribution in [-0.2, 0) is 19.3 Å². The Morgan fingerprint density at radius 2 is 1.54 bits per heavy atom. The van der Waals surface area contributed by atoms with E-state index < -0.39 is 44.9 Å². The summed E-state index contributed by atoms with van der Waals surface area (Å²) in [5.74, 6) is -1.73. The maximum atomic E-state index is 14.6. The van der Waals surface area contributed by atoms with E-state index in [9.17, 15) is 17.2 Å². The first-order valence-corrected chi connectivity index (χ1v) is 10.2. The topological polar surface area (TPSA) is 64.6 Å². The van der Waals surface area contributed by atoms with Gasteiger partial charge in [-0.05, 0) is 69.9 Å². The number of benzene rings is 2. The second kappa shape index (κ2) is 6.82. The van der Waals surface area contributed by atoms with Crippen LogP contribution in [0.2, 0.25) is 0 Å². The van der Waals surface area contributed by atoms with Crippen molar-refractivity contribution in [2.75, 3.05) is 4.72 Å². The fraction of sp³-hybridized carbons (Fsp3) is 0.368. The second-order valence-electron chi connectivity index (χ2n) is 7.87. The van der Waals surface area contributed by atoms with E-state index in [2.05, 4.69) is 4.72 Å². The van der Waals surface area contributed by atoms with Gasteiger partial charge in [-0.15, -0.1) is 0 Å². The van der Waals surface area contributed by atoms with Gasteiger partial charge in [-0.25, -0.2) is 17.2 Å². The smallest absolute Gasteiger partial charge is 0.399 e. The van der Waals surface area contributed by atoms with Crippen LogP contribution in [0.3, 0.4) is 0 Å². The molecule has 3 rings (SSSR count). The van der Waals surface area contributed by atoms with Crippen molar-refractivity contribution in [2.24, 2.45) is 0 Å². The minimum absolute atomic E-state index is 0.291. The predicted molar refractivity (Wildman–Crippen MR) is 104 cm³/mol. The summed E-state index contributed by atoms with van der Waals surface area (Å²) in [7, 11) is -5.06. The number of nitrogens with one attached hydrogen (secondary N) is 1. The van der Waals surface area contributed by atoms with Crippen LogP contribution >= 0.6 is 0 Å². The molecule has 9 heteroatoms. The second-order valence-corrected chi connectivity index (χ2v) is 9.52. The summed E-state index contributed by atoms with van der Waals surface area (Å²) >= 11 is 0. The number of hydrogen-bond donors (Lipinski definition) is 1. The Labute approximate surface area is 164 Å². The largest absolute Gasteiger partial charge is 0.494 e. The summed E-state index contributed by atoms with van der Waals surface area (Å²) in [4.78, 5) is -0.540. The Hall–Kier alpha value is -1.97. The SMILES string of the molecule is Cc1ccc(F)c(S(=O)(=O)Nc2ccc(B3OC(C)(C)C(C)(C)O3)cc2F)c1. The lowest BCUT2D eigenvalue weighted by Gasteiger charge is -2.32. The molecule has 5 nitrogen and oxygen atoms in total. The lowest BCUT2D eigenvalue weighted by atomic mass is 9.79. The summed E-state index contributed by atoms with van der Waals surface area (Å²) in [5.41, 5.74) is -0.478. The van der Waals surface area contributed by atoms with Gasteiger partial charge in [0.25, 0.3) is 10.0 Å². The van der Waals surface area contributed by atoms with Gasteiger partial charge in [0.15, 0.2) is 0 Å². The van der Waals surface area contributed by atoms with E-state index in [4.69, 9.17) is 9.31 Å². The summed E-state index contributed by atoms with van der Waals surface area (Å²) in [6.45, 7) is 9.15. The summed E-state index contributed by atoms with van der Waals surface area (Å²) in [6, 6.07) is 7.62. The normalized spacial score (nSPS) is 18.3. The van der Waals surface area contributed by atoms with Crippen molar-refractivity contribution in [3.8, 4) is 0 Å². The van der Waals surface area contributed by atoms with Gasteiger partial charge in [0.2, 0.25) is 0 Å². The molecule has 0 saturated carbocycles. The predicted octanol–water partition coefficient (Wildman–Crippen LogP) is 3.37. The molecule has 1 fully saturated rings. The zero-order valence-corrected chi connectivity index (χ0v) is 17.2. The fourth-order valence-corrected chi connectivity index (χ4v) is 3.99. The molecular weight excluding hydrogens is 387 g/mol. The average Bonchev–Trinajstić information content (AvgIpc) is 2.79. The van der Waals surface area contributed by atoms with E-state index in [-0.39, 0.29) is 5.69 Å². The monoisotopic (exact) mass is 409 g/mol. The molecule has 150 valence electrons. The molecule has 1 aliphatic rings. The molecule has 0 aromatic heterocycles. The van der Waals surface area contributed by atoms with Crippen LogP contribution in [0.1, 0.15) is 33.3 Å². The first-order chi connectivity index (χ1) is 12.8. The summed E-state index contributed by atoms with van der Waals surface area (Å²) in [5, 5.41) is 0. The lowest BCUT2D eigenvalue weighted by Crippen LogP contribution is -2.41. The Balaban J connectivity index is 1.87. The zero-order chi connectivity index (χ0) is 20.9. The van der Waals surface area contributed by atoms with Crippen LogP contribution in [0.4, 0.5) is 14.5 Å². The molecule has 28 heavy (non-hydrogen) atoms. The molecule has 0 amide bonds. The van der Waals surface area contributed by atoms with E-state index in [1.807, 2.05) is 27.7 Å².